The van der Waals surface area contributed by atoms with E-state index in [1.807, 2.05) is 12.1 Å². The van der Waals surface area contributed by atoms with Gasteiger partial charge in [-0.1, -0.05) is 41.3 Å². The summed E-state index contributed by atoms with van der Waals surface area (Å²) in [6.45, 7) is 0.193. The molecule has 1 heterocycles. The Labute approximate surface area is 125 Å². The molecule has 0 unspecified atom stereocenters. The normalized spacial score (nSPS) is 10.8. The van der Waals surface area contributed by atoms with E-state index in [2.05, 4.69) is 5.92 Å². The molecular formula is C16H9Cl2NO. The first-order chi connectivity index (χ1) is 9.61. The standard InChI is InChI=1S/C16H9Cl2NO/c1-2-7-19-15-9-11(18)4-6-13(15)12-5-3-10(17)8-14(12)16(19)20/h1,3-6,8-9H,7H2. The van der Waals surface area contributed by atoms with E-state index >= 15 is 0 Å². The number of halogens is 2. The van der Waals surface area contributed by atoms with Crippen LogP contribution >= 0.6 is 23.2 Å². The van der Waals surface area contributed by atoms with Crippen LogP contribution in [0.1, 0.15) is 0 Å². The van der Waals surface area contributed by atoms with Crippen molar-refractivity contribution in [3.05, 3.63) is 56.8 Å². The lowest BCUT2D eigenvalue weighted by Crippen LogP contribution is -2.20. The summed E-state index contributed by atoms with van der Waals surface area (Å²) in [7, 11) is 0. The Morgan fingerprint density at radius 3 is 2.35 bits per heavy atom. The molecule has 20 heavy (non-hydrogen) atoms. The number of terminal acetylenes is 1. The minimum atomic E-state index is -0.157. The highest BCUT2D eigenvalue weighted by molar-refractivity contribution is 6.32. The van der Waals surface area contributed by atoms with Crippen LogP contribution in [-0.2, 0) is 6.54 Å². The van der Waals surface area contributed by atoms with Crippen molar-refractivity contribution in [1.82, 2.24) is 4.57 Å². The van der Waals surface area contributed by atoms with Gasteiger partial charge in [0.15, 0.2) is 0 Å². The third kappa shape index (κ3) is 1.96. The van der Waals surface area contributed by atoms with Gasteiger partial charge in [-0.3, -0.25) is 9.36 Å². The molecular weight excluding hydrogens is 293 g/mol. The van der Waals surface area contributed by atoms with E-state index < -0.39 is 0 Å². The summed E-state index contributed by atoms with van der Waals surface area (Å²) in [6, 6.07) is 10.7. The maximum Gasteiger partial charge on any atom is 0.259 e. The monoisotopic (exact) mass is 301 g/mol. The summed E-state index contributed by atoms with van der Waals surface area (Å²) in [4.78, 5) is 12.6. The van der Waals surface area contributed by atoms with E-state index in [-0.39, 0.29) is 12.1 Å². The van der Waals surface area contributed by atoms with E-state index in [4.69, 9.17) is 29.6 Å². The number of nitrogens with zero attached hydrogens (tertiary/aromatic N) is 1. The second-order valence-corrected chi connectivity index (χ2v) is 5.32. The molecule has 3 aromatic rings. The van der Waals surface area contributed by atoms with E-state index in [9.17, 15) is 4.79 Å². The van der Waals surface area contributed by atoms with Crippen LogP contribution in [0.5, 0.6) is 0 Å². The predicted octanol–water partition coefficient (Wildman–Crippen LogP) is 4.09. The average Bonchev–Trinajstić information content (AvgIpc) is 2.43. The second-order valence-electron chi connectivity index (χ2n) is 4.45. The van der Waals surface area contributed by atoms with Crippen LogP contribution in [0.4, 0.5) is 0 Å². The average molecular weight is 302 g/mol. The van der Waals surface area contributed by atoms with Gasteiger partial charge in [0.05, 0.1) is 12.1 Å². The van der Waals surface area contributed by atoms with Gasteiger partial charge < -0.3 is 0 Å². The maximum absolute atomic E-state index is 12.6. The van der Waals surface area contributed by atoms with Crippen molar-refractivity contribution >= 4 is 44.9 Å². The molecule has 0 spiro atoms. The third-order valence-corrected chi connectivity index (χ3v) is 3.72. The Morgan fingerprint density at radius 1 is 1.00 bits per heavy atom. The second kappa shape index (κ2) is 4.86. The number of hydrogen-bond acceptors (Lipinski definition) is 1. The van der Waals surface area contributed by atoms with Crippen LogP contribution in [0.3, 0.4) is 0 Å². The van der Waals surface area contributed by atoms with Gasteiger partial charge in [0.2, 0.25) is 0 Å². The number of fused-ring (bicyclic) bond motifs is 3. The van der Waals surface area contributed by atoms with Crippen molar-refractivity contribution in [2.45, 2.75) is 6.54 Å². The largest absolute Gasteiger partial charge is 0.296 e. The Bertz CT molecular complexity index is 935. The molecule has 1 aromatic heterocycles. The topological polar surface area (TPSA) is 22.0 Å². The quantitative estimate of drug-likeness (QED) is 0.490. The summed E-state index contributed by atoms with van der Waals surface area (Å²) in [5.74, 6) is 2.50. The molecule has 0 fully saturated rings. The first-order valence-electron chi connectivity index (χ1n) is 5.96. The summed E-state index contributed by atoms with van der Waals surface area (Å²) in [5.41, 5.74) is 0.575. The molecule has 0 N–H and O–H groups in total. The van der Waals surface area contributed by atoms with Gasteiger partial charge in [0.1, 0.15) is 0 Å². The summed E-state index contributed by atoms with van der Waals surface area (Å²) < 4.78 is 1.54. The summed E-state index contributed by atoms with van der Waals surface area (Å²) in [6.07, 6.45) is 5.36. The highest BCUT2D eigenvalue weighted by Gasteiger charge is 2.11. The number of aromatic nitrogens is 1. The highest BCUT2D eigenvalue weighted by Crippen LogP contribution is 2.27. The maximum atomic E-state index is 12.6. The van der Waals surface area contributed by atoms with Gasteiger partial charge in [0, 0.05) is 20.8 Å². The fourth-order valence-corrected chi connectivity index (χ4v) is 2.73. The van der Waals surface area contributed by atoms with E-state index in [1.165, 1.54) is 0 Å². The van der Waals surface area contributed by atoms with Gasteiger partial charge in [0.25, 0.3) is 5.56 Å². The molecule has 0 saturated carbocycles. The molecule has 0 aliphatic carbocycles. The number of benzene rings is 2. The van der Waals surface area contributed by atoms with Crippen molar-refractivity contribution in [3.63, 3.8) is 0 Å². The SMILES string of the molecule is C#CCn1c(=O)c2cc(Cl)ccc2c2ccc(Cl)cc21. The molecule has 0 aliphatic heterocycles. The zero-order valence-corrected chi connectivity index (χ0v) is 11.9. The number of pyridine rings is 1. The Balaban J connectivity index is 2.61. The minimum absolute atomic E-state index is 0.157. The number of hydrogen-bond donors (Lipinski definition) is 0. The van der Waals surface area contributed by atoms with Crippen molar-refractivity contribution < 1.29 is 0 Å². The lowest BCUT2D eigenvalue weighted by Gasteiger charge is -2.11. The fraction of sp³-hybridized carbons (Fsp3) is 0.0625. The molecule has 0 bridgehead atoms. The van der Waals surface area contributed by atoms with E-state index in [0.29, 0.717) is 15.4 Å². The van der Waals surface area contributed by atoms with Gasteiger partial charge in [-0.2, -0.15) is 0 Å². The molecule has 0 saturated heterocycles. The van der Waals surface area contributed by atoms with Gasteiger partial charge in [-0.05, 0) is 29.7 Å². The Morgan fingerprint density at radius 2 is 1.65 bits per heavy atom. The Hall–Kier alpha value is -1.95. The third-order valence-electron chi connectivity index (χ3n) is 3.25. The van der Waals surface area contributed by atoms with Gasteiger partial charge >= 0.3 is 0 Å². The van der Waals surface area contributed by atoms with Crippen molar-refractivity contribution in [3.8, 4) is 12.3 Å². The van der Waals surface area contributed by atoms with Crippen LogP contribution in [-0.4, -0.2) is 4.57 Å². The van der Waals surface area contributed by atoms with Crippen LogP contribution in [0.2, 0.25) is 10.0 Å². The molecule has 2 aromatic carbocycles. The van der Waals surface area contributed by atoms with Crippen molar-refractivity contribution in [2.24, 2.45) is 0 Å². The van der Waals surface area contributed by atoms with Crippen LogP contribution in [0.25, 0.3) is 21.7 Å². The van der Waals surface area contributed by atoms with Crippen LogP contribution in [0.15, 0.2) is 41.2 Å². The van der Waals surface area contributed by atoms with Crippen molar-refractivity contribution in [1.29, 1.82) is 0 Å². The lowest BCUT2D eigenvalue weighted by atomic mass is 10.1. The molecule has 98 valence electrons. The first-order valence-corrected chi connectivity index (χ1v) is 6.72. The lowest BCUT2D eigenvalue weighted by molar-refractivity contribution is 0.846. The molecule has 3 rings (SSSR count). The molecule has 4 heteroatoms. The van der Waals surface area contributed by atoms with Crippen LogP contribution in [0, 0.1) is 12.3 Å². The number of rotatable bonds is 1. The predicted molar refractivity (Wildman–Crippen MR) is 84.6 cm³/mol. The van der Waals surface area contributed by atoms with E-state index in [0.717, 1.165) is 16.3 Å². The highest BCUT2D eigenvalue weighted by atomic mass is 35.5. The smallest absolute Gasteiger partial charge is 0.259 e. The van der Waals surface area contributed by atoms with Crippen molar-refractivity contribution in [2.75, 3.05) is 0 Å². The minimum Gasteiger partial charge on any atom is -0.296 e. The first kappa shape index (κ1) is 13.1. The molecule has 0 atom stereocenters. The molecule has 0 radical (unpaired) electrons. The van der Waals surface area contributed by atoms with Gasteiger partial charge in [-0.25, -0.2) is 0 Å². The Kier molecular flexibility index (Phi) is 3.17. The fourth-order valence-electron chi connectivity index (χ4n) is 2.39. The summed E-state index contributed by atoms with van der Waals surface area (Å²) >= 11 is 12.0. The molecule has 0 aliphatic rings. The van der Waals surface area contributed by atoms with Crippen LogP contribution < -0.4 is 5.56 Å². The zero-order chi connectivity index (χ0) is 14.3. The molecule has 0 amide bonds. The zero-order valence-electron chi connectivity index (χ0n) is 10.4. The van der Waals surface area contributed by atoms with E-state index in [1.54, 1.807) is 28.8 Å². The van der Waals surface area contributed by atoms with Gasteiger partial charge in [-0.15, -0.1) is 6.42 Å². The summed E-state index contributed by atoms with van der Waals surface area (Å²) in [5, 5.41) is 3.42. The molecule has 2 nitrogen and oxygen atoms in total.